The van der Waals surface area contributed by atoms with E-state index in [-0.39, 0.29) is 13.2 Å². The first kappa shape index (κ1) is 12.6. The molecule has 1 aromatic rings. The van der Waals surface area contributed by atoms with E-state index >= 15 is 0 Å². The van der Waals surface area contributed by atoms with Gasteiger partial charge in [-0.05, 0) is 18.2 Å². The fourth-order valence-corrected chi connectivity index (χ4v) is 1.35. The van der Waals surface area contributed by atoms with Crippen LogP contribution in [0, 0.1) is 0 Å². The monoisotopic (exact) mass is 226 g/mol. The summed E-state index contributed by atoms with van der Waals surface area (Å²) in [5, 5.41) is 23.6. The molecule has 1 aromatic carbocycles. The van der Waals surface area contributed by atoms with Crippen molar-refractivity contribution >= 4 is 11.4 Å². The van der Waals surface area contributed by atoms with Crippen molar-refractivity contribution in [3.63, 3.8) is 0 Å². The standard InChI is InChI=1S/C11H18N2O3/c1-16-11-3-2-9(12-4-6-14)8-10(11)13-5-7-15/h2-3,8,12-15H,4-7H2,1H3. The van der Waals surface area contributed by atoms with Gasteiger partial charge in [0, 0.05) is 18.8 Å². The van der Waals surface area contributed by atoms with E-state index in [0.29, 0.717) is 13.1 Å². The van der Waals surface area contributed by atoms with Crippen LogP contribution < -0.4 is 15.4 Å². The zero-order valence-electron chi connectivity index (χ0n) is 9.36. The summed E-state index contributed by atoms with van der Waals surface area (Å²) in [4.78, 5) is 0. The molecule has 0 saturated heterocycles. The molecule has 5 heteroatoms. The summed E-state index contributed by atoms with van der Waals surface area (Å²) in [7, 11) is 1.60. The molecule has 0 aliphatic rings. The van der Waals surface area contributed by atoms with E-state index in [1.165, 1.54) is 0 Å². The Morgan fingerprint density at radius 1 is 1.12 bits per heavy atom. The highest BCUT2D eigenvalue weighted by atomic mass is 16.5. The SMILES string of the molecule is COc1ccc(NCCO)cc1NCCO. The third-order valence-corrected chi connectivity index (χ3v) is 2.07. The lowest BCUT2D eigenvalue weighted by molar-refractivity contribution is 0.311. The summed E-state index contributed by atoms with van der Waals surface area (Å²) >= 11 is 0. The predicted molar refractivity (Wildman–Crippen MR) is 64.1 cm³/mol. The first-order chi connectivity index (χ1) is 7.81. The Hall–Kier alpha value is -1.46. The molecule has 16 heavy (non-hydrogen) atoms. The molecule has 0 heterocycles. The van der Waals surface area contributed by atoms with Gasteiger partial charge in [0.15, 0.2) is 0 Å². The smallest absolute Gasteiger partial charge is 0.142 e. The molecule has 0 bridgehead atoms. The number of methoxy groups -OCH3 is 1. The lowest BCUT2D eigenvalue weighted by atomic mass is 10.2. The van der Waals surface area contributed by atoms with Crippen LogP contribution in [0.2, 0.25) is 0 Å². The normalized spacial score (nSPS) is 9.94. The number of hydrogen-bond acceptors (Lipinski definition) is 5. The Morgan fingerprint density at radius 3 is 2.44 bits per heavy atom. The fourth-order valence-electron chi connectivity index (χ4n) is 1.35. The second-order valence-corrected chi connectivity index (χ2v) is 3.22. The van der Waals surface area contributed by atoms with E-state index < -0.39 is 0 Å². The zero-order valence-corrected chi connectivity index (χ0v) is 9.36. The van der Waals surface area contributed by atoms with Gasteiger partial charge in [-0.3, -0.25) is 0 Å². The van der Waals surface area contributed by atoms with Gasteiger partial charge in [-0.15, -0.1) is 0 Å². The van der Waals surface area contributed by atoms with Gasteiger partial charge in [-0.25, -0.2) is 0 Å². The maximum absolute atomic E-state index is 8.75. The van der Waals surface area contributed by atoms with Gasteiger partial charge in [-0.2, -0.15) is 0 Å². The van der Waals surface area contributed by atoms with Gasteiger partial charge in [0.25, 0.3) is 0 Å². The maximum Gasteiger partial charge on any atom is 0.142 e. The van der Waals surface area contributed by atoms with Crippen LogP contribution in [-0.4, -0.2) is 43.6 Å². The van der Waals surface area contributed by atoms with Crippen LogP contribution in [0.15, 0.2) is 18.2 Å². The third-order valence-electron chi connectivity index (χ3n) is 2.07. The molecule has 0 aromatic heterocycles. The molecule has 0 fully saturated rings. The van der Waals surface area contributed by atoms with Crippen LogP contribution in [-0.2, 0) is 0 Å². The number of anilines is 2. The summed E-state index contributed by atoms with van der Waals surface area (Å²) in [5.41, 5.74) is 1.72. The van der Waals surface area contributed by atoms with Gasteiger partial charge in [0.05, 0.1) is 26.0 Å². The Morgan fingerprint density at radius 2 is 1.81 bits per heavy atom. The van der Waals surface area contributed by atoms with Crippen LogP contribution in [0.4, 0.5) is 11.4 Å². The number of aliphatic hydroxyl groups is 2. The summed E-state index contributed by atoms with van der Waals surface area (Å²) in [6.45, 7) is 1.13. The minimum Gasteiger partial charge on any atom is -0.495 e. The summed E-state index contributed by atoms with van der Waals surface area (Å²) in [6.07, 6.45) is 0. The van der Waals surface area contributed by atoms with Crippen molar-refractivity contribution in [3.8, 4) is 5.75 Å². The lowest BCUT2D eigenvalue weighted by Gasteiger charge is -2.12. The molecule has 4 N–H and O–H groups in total. The van der Waals surface area contributed by atoms with Gasteiger partial charge in [-0.1, -0.05) is 0 Å². The number of benzene rings is 1. The van der Waals surface area contributed by atoms with Gasteiger partial charge >= 0.3 is 0 Å². The predicted octanol–water partition coefficient (Wildman–Crippen LogP) is 0.504. The van der Waals surface area contributed by atoms with Crippen molar-refractivity contribution in [2.45, 2.75) is 0 Å². The first-order valence-electron chi connectivity index (χ1n) is 5.19. The Bertz CT molecular complexity index is 318. The summed E-state index contributed by atoms with van der Waals surface area (Å²) < 4.78 is 5.18. The molecule has 90 valence electrons. The topological polar surface area (TPSA) is 73.8 Å². The molecule has 0 spiro atoms. The first-order valence-corrected chi connectivity index (χ1v) is 5.19. The average Bonchev–Trinajstić information content (AvgIpc) is 2.33. The minimum atomic E-state index is 0.0669. The number of nitrogens with one attached hydrogen (secondary N) is 2. The van der Waals surface area contributed by atoms with E-state index in [2.05, 4.69) is 10.6 Å². The fraction of sp³-hybridized carbons (Fsp3) is 0.455. The van der Waals surface area contributed by atoms with Crippen LogP contribution >= 0.6 is 0 Å². The average molecular weight is 226 g/mol. The Kier molecular flexibility index (Phi) is 5.45. The Balaban J connectivity index is 2.74. The number of rotatable bonds is 7. The largest absolute Gasteiger partial charge is 0.495 e. The molecule has 0 radical (unpaired) electrons. The molecule has 0 saturated carbocycles. The molecule has 0 unspecified atom stereocenters. The van der Waals surface area contributed by atoms with E-state index in [4.69, 9.17) is 14.9 Å². The third kappa shape index (κ3) is 3.60. The van der Waals surface area contributed by atoms with Crippen LogP contribution in [0.25, 0.3) is 0 Å². The second kappa shape index (κ2) is 6.92. The van der Waals surface area contributed by atoms with E-state index in [0.717, 1.165) is 17.1 Å². The molecule has 1 rings (SSSR count). The van der Waals surface area contributed by atoms with Crippen molar-refractivity contribution in [2.75, 3.05) is 44.0 Å². The second-order valence-electron chi connectivity index (χ2n) is 3.22. The highest BCUT2D eigenvalue weighted by Crippen LogP contribution is 2.27. The number of aliphatic hydroxyl groups excluding tert-OH is 2. The molecular weight excluding hydrogens is 208 g/mol. The van der Waals surface area contributed by atoms with Crippen molar-refractivity contribution in [3.05, 3.63) is 18.2 Å². The quantitative estimate of drug-likeness (QED) is 0.545. The maximum atomic E-state index is 8.75. The van der Waals surface area contributed by atoms with E-state index in [9.17, 15) is 0 Å². The number of hydrogen-bond donors (Lipinski definition) is 4. The van der Waals surface area contributed by atoms with Crippen LogP contribution in [0.3, 0.4) is 0 Å². The molecule has 5 nitrogen and oxygen atoms in total. The van der Waals surface area contributed by atoms with Crippen LogP contribution in [0.5, 0.6) is 5.75 Å². The molecule has 0 aliphatic carbocycles. The lowest BCUT2D eigenvalue weighted by Crippen LogP contribution is -2.09. The van der Waals surface area contributed by atoms with Gasteiger partial charge in [0.2, 0.25) is 0 Å². The Labute approximate surface area is 95.1 Å². The highest BCUT2D eigenvalue weighted by molar-refractivity contribution is 5.64. The van der Waals surface area contributed by atoms with Crippen molar-refractivity contribution in [2.24, 2.45) is 0 Å². The van der Waals surface area contributed by atoms with Crippen LogP contribution in [0.1, 0.15) is 0 Å². The molecule has 0 amide bonds. The summed E-state index contributed by atoms with van der Waals surface area (Å²) in [6, 6.07) is 5.59. The summed E-state index contributed by atoms with van der Waals surface area (Å²) in [5.74, 6) is 0.725. The van der Waals surface area contributed by atoms with Gasteiger partial charge in [0.1, 0.15) is 5.75 Å². The molecular formula is C11H18N2O3. The highest BCUT2D eigenvalue weighted by Gasteiger charge is 2.03. The van der Waals surface area contributed by atoms with Crippen molar-refractivity contribution < 1.29 is 14.9 Å². The van der Waals surface area contributed by atoms with Crippen molar-refractivity contribution in [1.82, 2.24) is 0 Å². The zero-order chi connectivity index (χ0) is 11.8. The molecule has 0 atom stereocenters. The van der Waals surface area contributed by atoms with Crippen molar-refractivity contribution in [1.29, 1.82) is 0 Å². The van der Waals surface area contributed by atoms with Gasteiger partial charge < -0.3 is 25.6 Å². The minimum absolute atomic E-state index is 0.0669. The molecule has 0 aliphatic heterocycles. The number of ether oxygens (including phenoxy) is 1. The van der Waals surface area contributed by atoms with E-state index in [1.54, 1.807) is 7.11 Å². The van der Waals surface area contributed by atoms with E-state index in [1.807, 2.05) is 18.2 Å².